The van der Waals surface area contributed by atoms with Crippen LogP contribution >= 0.6 is 8.18 Å². The summed E-state index contributed by atoms with van der Waals surface area (Å²) in [5.41, 5.74) is 1.08. The van der Waals surface area contributed by atoms with Crippen LogP contribution in [0.5, 0.6) is 0 Å². The fourth-order valence-corrected chi connectivity index (χ4v) is 3.18. The molecule has 1 aromatic heterocycles. The summed E-state index contributed by atoms with van der Waals surface area (Å²) in [6.45, 7) is 5.33. The highest BCUT2D eigenvalue weighted by Crippen LogP contribution is 2.33. The number of nitrogens with zero attached hydrogens (tertiary/aromatic N) is 1. The summed E-state index contributed by atoms with van der Waals surface area (Å²) < 4.78 is 28.1. The number of nitrogens with one attached hydrogen (secondary N) is 1. The van der Waals surface area contributed by atoms with Crippen LogP contribution in [0.4, 0.5) is 0 Å². The zero-order valence-corrected chi connectivity index (χ0v) is 15.1. The lowest BCUT2D eigenvalue weighted by atomic mass is 10.1. The van der Waals surface area contributed by atoms with Crippen LogP contribution in [0, 0.1) is 0 Å². The summed E-state index contributed by atoms with van der Waals surface area (Å²) in [6, 6.07) is 3.17. The van der Waals surface area contributed by atoms with E-state index in [1.54, 1.807) is 33.2 Å². The molecule has 1 N–H and O–H groups in total. The summed E-state index contributed by atoms with van der Waals surface area (Å²) in [6.07, 6.45) is 4.90. The maximum absolute atomic E-state index is 11.9. The van der Waals surface area contributed by atoms with Gasteiger partial charge in [-0.05, 0) is 55.9 Å². The summed E-state index contributed by atoms with van der Waals surface area (Å²) in [5, 5.41) is 2.60. The lowest BCUT2D eigenvalue weighted by Crippen LogP contribution is -2.33. The van der Waals surface area contributed by atoms with Crippen molar-refractivity contribution in [1.82, 2.24) is 10.1 Å². The minimum absolute atomic E-state index is 0.0207. The zero-order chi connectivity index (χ0) is 17.5. The van der Waals surface area contributed by atoms with E-state index >= 15 is 0 Å². The number of hydrogen-bond donors (Lipinski definition) is 1. The van der Waals surface area contributed by atoms with Gasteiger partial charge in [0.1, 0.15) is 12.6 Å². The predicted octanol–water partition coefficient (Wildman–Crippen LogP) is 2.91. The molecule has 0 amide bonds. The standard InChI is InChI=1S/C16H24N2O5P/c1-11(2)22-16(19)12(3)18-24(20)21-10-14-4-5-15(23-14)13-6-8-17-9-7-13/h6-9,11-12,14-15H,4-5,10H2,1-3H3,(H,18,20)/q+1/t12-,14+,15-/m1/s1. The van der Waals surface area contributed by atoms with Gasteiger partial charge in [0.15, 0.2) is 0 Å². The summed E-state index contributed by atoms with van der Waals surface area (Å²) in [4.78, 5) is 15.6. The van der Waals surface area contributed by atoms with E-state index in [0.29, 0.717) is 0 Å². The molecule has 0 bridgehead atoms. The quantitative estimate of drug-likeness (QED) is 0.567. The number of rotatable bonds is 8. The normalized spacial score (nSPS) is 22.4. The Kier molecular flexibility index (Phi) is 7.24. The maximum Gasteiger partial charge on any atom is 0.613 e. The third-order valence-corrected chi connectivity index (χ3v) is 4.55. The first-order chi connectivity index (χ1) is 11.5. The van der Waals surface area contributed by atoms with Crippen LogP contribution in [-0.2, 0) is 23.4 Å². The second kappa shape index (κ2) is 9.18. The number of esters is 1. The van der Waals surface area contributed by atoms with Gasteiger partial charge in [0.25, 0.3) is 0 Å². The minimum atomic E-state index is -2.15. The van der Waals surface area contributed by atoms with Crippen molar-refractivity contribution in [2.75, 3.05) is 6.61 Å². The Morgan fingerprint density at radius 2 is 2.08 bits per heavy atom. The van der Waals surface area contributed by atoms with Crippen molar-refractivity contribution in [2.24, 2.45) is 0 Å². The molecule has 1 aromatic rings. The van der Waals surface area contributed by atoms with Gasteiger partial charge in [-0.2, -0.15) is 0 Å². The molecule has 2 rings (SSSR count). The average Bonchev–Trinajstić information content (AvgIpc) is 3.02. The van der Waals surface area contributed by atoms with Crippen LogP contribution in [0.1, 0.15) is 45.3 Å². The molecule has 1 aliphatic heterocycles. The number of hydrogen-bond acceptors (Lipinski definition) is 6. The van der Waals surface area contributed by atoms with Gasteiger partial charge in [0, 0.05) is 12.4 Å². The van der Waals surface area contributed by atoms with Crippen LogP contribution in [0.15, 0.2) is 24.5 Å². The Morgan fingerprint density at radius 3 is 2.75 bits per heavy atom. The Balaban J connectivity index is 1.70. The van der Waals surface area contributed by atoms with Gasteiger partial charge in [-0.3, -0.25) is 9.78 Å². The van der Waals surface area contributed by atoms with Crippen molar-refractivity contribution < 1.29 is 23.4 Å². The molecule has 0 spiro atoms. The zero-order valence-electron chi connectivity index (χ0n) is 14.2. The van der Waals surface area contributed by atoms with Crippen LogP contribution in [0.3, 0.4) is 0 Å². The number of carbonyl (C=O) groups is 1. The van der Waals surface area contributed by atoms with Gasteiger partial charge < -0.3 is 9.47 Å². The average molecular weight is 355 g/mol. The van der Waals surface area contributed by atoms with E-state index in [4.69, 9.17) is 14.0 Å². The molecule has 1 unspecified atom stereocenters. The van der Waals surface area contributed by atoms with Crippen molar-refractivity contribution in [3.05, 3.63) is 30.1 Å². The van der Waals surface area contributed by atoms with Crippen molar-refractivity contribution in [3.63, 3.8) is 0 Å². The predicted molar refractivity (Wildman–Crippen MR) is 88.5 cm³/mol. The highest BCUT2D eigenvalue weighted by atomic mass is 31.1. The molecule has 0 aliphatic carbocycles. The molecule has 4 atom stereocenters. The van der Waals surface area contributed by atoms with E-state index in [9.17, 15) is 9.36 Å². The van der Waals surface area contributed by atoms with E-state index in [1.165, 1.54) is 0 Å². The molecule has 132 valence electrons. The highest BCUT2D eigenvalue weighted by molar-refractivity contribution is 7.36. The number of aromatic nitrogens is 1. The van der Waals surface area contributed by atoms with E-state index in [1.807, 2.05) is 12.1 Å². The van der Waals surface area contributed by atoms with Crippen LogP contribution in [0.25, 0.3) is 0 Å². The first-order valence-electron chi connectivity index (χ1n) is 8.08. The van der Waals surface area contributed by atoms with Crippen molar-refractivity contribution >= 4 is 14.1 Å². The topological polar surface area (TPSA) is 86.8 Å². The first kappa shape index (κ1) is 18.9. The second-order valence-electron chi connectivity index (χ2n) is 5.99. The fraction of sp³-hybridized carbons (Fsp3) is 0.625. The Morgan fingerprint density at radius 1 is 1.38 bits per heavy atom. The van der Waals surface area contributed by atoms with Gasteiger partial charge in [-0.25, -0.2) is 0 Å². The maximum atomic E-state index is 11.9. The summed E-state index contributed by atoms with van der Waals surface area (Å²) in [5.74, 6) is -0.452. The van der Waals surface area contributed by atoms with E-state index in [0.717, 1.165) is 18.4 Å². The summed E-state index contributed by atoms with van der Waals surface area (Å²) >= 11 is 0. The van der Waals surface area contributed by atoms with Crippen LogP contribution in [-0.4, -0.2) is 35.8 Å². The van der Waals surface area contributed by atoms with Gasteiger partial charge in [-0.15, -0.1) is 4.52 Å². The van der Waals surface area contributed by atoms with Crippen molar-refractivity contribution in [2.45, 2.75) is 58.0 Å². The largest absolute Gasteiger partial charge is 0.613 e. The molecule has 1 saturated heterocycles. The van der Waals surface area contributed by atoms with E-state index < -0.39 is 20.2 Å². The second-order valence-corrected chi connectivity index (χ2v) is 7.02. The Bertz CT molecular complexity index is 555. The first-order valence-corrected chi connectivity index (χ1v) is 9.25. The van der Waals surface area contributed by atoms with Gasteiger partial charge in [0.2, 0.25) is 0 Å². The molecule has 24 heavy (non-hydrogen) atoms. The molecule has 0 saturated carbocycles. The van der Waals surface area contributed by atoms with Crippen molar-refractivity contribution in [3.8, 4) is 0 Å². The van der Waals surface area contributed by atoms with E-state index in [2.05, 4.69) is 10.1 Å². The molecule has 1 aliphatic rings. The summed E-state index contributed by atoms with van der Waals surface area (Å²) in [7, 11) is -2.15. The number of carbonyl (C=O) groups excluding carboxylic acids is 1. The monoisotopic (exact) mass is 355 g/mol. The molecule has 0 radical (unpaired) electrons. The molecule has 1 fully saturated rings. The highest BCUT2D eigenvalue weighted by Gasteiger charge is 2.32. The molecular weight excluding hydrogens is 331 g/mol. The lowest BCUT2D eigenvalue weighted by Gasteiger charge is -2.12. The molecule has 8 heteroatoms. The lowest BCUT2D eigenvalue weighted by molar-refractivity contribution is -0.149. The Labute approximate surface area is 143 Å². The minimum Gasteiger partial charge on any atom is -0.462 e. The van der Waals surface area contributed by atoms with Gasteiger partial charge in [-0.1, -0.05) is 5.09 Å². The molecule has 0 aromatic carbocycles. The van der Waals surface area contributed by atoms with E-state index in [-0.39, 0.29) is 24.9 Å². The van der Waals surface area contributed by atoms with Crippen LogP contribution in [0.2, 0.25) is 0 Å². The molecule has 2 heterocycles. The fourth-order valence-electron chi connectivity index (χ4n) is 2.38. The van der Waals surface area contributed by atoms with Crippen LogP contribution < -0.4 is 5.09 Å². The number of pyridine rings is 1. The third-order valence-electron chi connectivity index (χ3n) is 3.57. The smallest absolute Gasteiger partial charge is 0.462 e. The van der Waals surface area contributed by atoms with Gasteiger partial charge in [0.05, 0.1) is 18.3 Å². The molecular formula is C16H24N2O5P+. The molecule has 7 nitrogen and oxygen atoms in total. The third kappa shape index (κ3) is 5.91. The van der Waals surface area contributed by atoms with Gasteiger partial charge >= 0.3 is 14.1 Å². The van der Waals surface area contributed by atoms with Crippen molar-refractivity contribution in [1.29, 1.82) is 0 Å². The Hall–Kier alpha value is -1.40. The number of ether oxygens (including phenoxy) is 2. The SMILES string of the molecule is CC(C)OC(=O)[C@@H](C)N[P+](=O)OC[C@@H]1CC[C@H](c2ccncc2)O1.